The molecular formula is C38H57NO4. The van der Waals surface area contributed by atoms with Gasteiger partial charge in [-0.1, -0.05) is 52.7 Å². The maximum absolute atomic E-state index is 13.0. The number of terminal acetylenes is 1. The summed E-state index contributed by atoms with van der Waals surface area (Å²) in [7, 11) is 0. The number of nitrogens with one attached hydrogen (secondary N) is 1. The number of fused-ring (bicyclic) bond motifs is 7. The van der Waals surface area contributed by atoms with E-state index in [9.17, 15) is 14.7 Å². The number of rotatable bonds is 6. The van der Waals surface area contributed by atoms with Crippen molar-refractivity contribution in [2.75, 3.05) is 13.2 Å². The van der Waals surface area contributed by atoms with E-state index in [0.29, 0.717) is 41.8 Å². The van der Waals surface area contributed by atoms with Crippen LogP contribution in [0.5, 0.6) is 0 Å². The minimum absolute atomic E-state index is 0.0387. The van der Waals surface area contributed by atoms with Gasteiger partial charge in [-0.05, 0) is 129 Å². The first-order valence-electron chi connectivity index (χ1n) is 17.0. The van der Waals surface area contributed by atoms with E-state index in [0.717, 1.165) is 38.5 Å². The number of hydrogen-bond donors (Lipinski definition) is 2. The molecule has 1 amide bonds. The first-order chi connectivity index (χ1) is 20.1. The van der Waals surface area contributed by atoms with Crippen LogP contribution in [0.2, 0.25) is 0 Å². The molecule has 0 aromatic heterocycles. The van der Waals surface area contributed by atoms with Crippen molar-refractivity contribution in [3.63, 3.8) is 0 Å². The Kier molecular flexibility index (Phi) is 8.33. The van der Waals surface area contributed by atoms with Crippen LogP contribution in [-0.2, 0) is 14.3 Å². The molecule has 0 aromatic carbocycles. The average molecular weight is 592 g/mol. The summed E-state index contributed by atoms with van der Waals surface area (Å²) in [4.78, 5) is 25.2. The van der Waals surface area contributed by atoms with E-state index in [1.165, 1.54) is 37.3 Å². The summed E-state index contributed by atoms with van der Waals surface area (Å²) in [6.07, 6.45) is 17.7. The third-order valence-corrected chi connectivity index (χ3v) is 14.8. The number of amides is 1. The van der Waals surface area contributed by atoms with Crippen LogP contribution in [0.25, 0.3) is 0 Å². The van der Waals surface area contributed by atoms with Crippen LogP contribution in [0.15, 0.2) is 23.8 Å². The molecule has 5 fully saturated rings. The second-order valence-electron chi connectivity index (χ2n) is 16.7. The molecule has 5 heteroatoms. The smallest absolute Gasteiger partial charge is 0.331 e. The summed E-state index contributed by atoms with van der Waals surface area (Å²) in [5.41, 5.74) is 2.22. The van der Waals surface area contributed by atoms with Gasteiger partial charge in [-0.2, -0.15) is 0 Å². The number of hydrogen-bond acceptors (Lipinski definition) is 4. The third kappa shape index (κ3) is 4.84. The Labute approximate surface area is 261 Å². The molecule has 0 radical (unpaired) electrons. The third-order valence-electron chi connectivity index (χ3n) is 14.8. The van der Waals surface area contributed by atoms with Gasteiger partial charge in [0.2, 0.25) is 5.91 Å². The Morgan fingerprint density at radius 2 is 1.67 bits per heavy atom. The number of allylic oxidation sites excluding steroid dienone is 1. The van der Waals surface area contributed by atoms with E-state index in [1.807, 2.05) is 0 Å². The molecular weight excluding hydrogens is 534 g/mol. The van der Waals surface area contributed by atoms with Crippen LogP contribution < -0.4 is 5.32 Å². The Hall–Kier alpha value is -2.06. The number of aliphatic hydroxyl groups is 1. The number of carbonyl (C=O) groups excluding carboxylic acids is 2. The fourth-order valence-corrected chi connectivity index (χ4v) is 12.3. The second kappa shape index (κ2) is 11.1. The molecule has 238 valence electrons. The van der Waals surface area contributed by atoms with Crippen molar-refractivity contribution in [2.45, 2.75) is 119 Å². The summed E-state index contributed by atoms with van der Waals surface area (Å²) in [5, 5.41) is 13.6. The SMILES string of the molecule is C#CCNC(=O)/C(C)=C/C(=O)OC[C@]12CC[C@@H](C(=C)C)[C@@H]1[C@H]1CC[C@@H]3[C@@]4(C)CC[C@H](O)C(C)(C)[C@@H]4CC[C@@]3(C)[C@]1(C)CC2. The lowest BCUT2D eigenvalue weighted by atomic mass is 9.32. The fraction of sp³-hybridized carbons (Fsp3) is 0.789. The minimum atomic E-state index is -0.447. The van der Waals surface area contributed by atoms with Gasteiger partial charge in [-0.25, -0.2) is 4.79 Å². The molecule has 10 atom stereocenters. The van der Waals surface area contributed by atoms with E-state index in [-0.39, 0.29) is 45.6 Å². The fourth-order valence-electron chi connectivity index (χ4n) is 12.3. The molecule has 0 aromatic rings. The highest BCUT2D eigenvalue weighted by atomic mass is 16.5. The molecule has 5 aliphatic carbocycles. The highest BCUT2D eigenvalue weighted by Gasteiger charge is 2.71. The predicted octanol–water partition coefficient (Wildman–Crippen LogP) is 7.24. The number of aliphatic hydroxyl groups excluding tert-OH is 1. The summed E-state index contributed by atoms with van der Waals surface area (Å²) in [6.45, 7) is 21.3. The van der Waals surface area contributed by atoms with E-state index < -0.39 is 5.97 Å². The zero-order chi connectivity index (χ0) is 31.6. The molecule has 0 saturated heterocycles. The number of ether oxygens (including phenoxy) is 1. The molecule has 5 aliphatic rings. The highest BCUT2D eigenvalue weighted by Crippen LogP contribution is 2.77. The zero-order valence-electron chi connectivity index (χ0n) is 28.0. The van der Waals surface area contributed by atoms with Gasteiger partial charge in [0.15, 0.2) is 0 Å². The largest absolute Gasteiger partial charge is 0.462 e. The van der Waals surface area contributed by atoms with Gasteiger partial charge in [0, 0.05) is 17.1 Å². The maximum Gasteiger partial charge on any atom is 0.331 e. The lowest BCUT2D eigenvalue weighted by Gasteiger charge is -2.73. The number of carbonyl (C=O) groups is 2. The average Bonchev–Trinajstić information content (AvgIpc) is 3.33. The van der Waals surface area contributed by atoms with Gasteiger partial charge >= 0.3 is 5.97 Å². The van der Waals surface area contributed by atoms with Crippen molar-refractivity contribution < 1.29 is 19.4 Å². The van der Waals surface area contributed by atoms with Gasteiger partial charge in [0.25, 0.3) is 0 Å². The van der Waals surface area contributed by atoms with Gasteiger partial charge in [-0.15, -0.1) is 6.42 Å². The standard InChI is InChI=1S/C38H57NO4/c1-10-21-39-33(42)25(4)22-31(41)43-23-38-18-13-26(24(2)3)32(38)27-11-12-29-35(7)16-15-30(40)34(5,6)28(35)14-17-37(29,9)36(27,8)19-20-38/h1,22,26-30,32,40H,2,11-21,23H2,3-9H3,(H,39,42)/b25-22+/t26-,27+,28-,29+,30-,32+,35-,36+,37+,38+/m0/s1. The summed E-state index contributed by atoms with van der Waals surface area (Å²) in [6, 6.07) is 0. The molecule has 5 saturated carbocycles. The van der Waals surface area contributed by atoms with E-state index in [1.54, 1.807) is 6.92 Å². The normalized spacial score (nSPS) is 45.0. The molecule has 0 bridgehead atoms. The molecule has 43 heavy (non-hydrogen) atoms. The van der Waals surface area contributed by atoms with Gasteiger partial charge in [-0.3, -0.25) is 4.79 Å². The predicted molar refractivity (Wildman–Crippen MR) is 172 cm³/mol. The first kappa shape index (κ1) is 32.3. The highest BCUT2D eigenvalue weighted by molar-refractivity contribution is 5.99. The summed E-state index contributed by atoms with van der Waals surface area (Å²) >= 11 is 0. The quantitative estimate of drug-likeness (QED) is 0.148. The van der Waals surface area contributed by atoms with Crippen molar-refractivity contribution in [1.29, 1.82) is 0 Å². The van der Waals surface area contributed by atoms with Crippen molar-refractivity contribution in [1.82, 2.24) is 5.32 Å². The lowest BCUT2D eigenvalue weighted by molar-refractivity contribution is -0.249. The molecule has 5 nitrogen and oxygen atoms in total. The second-order valence-corrected chi connectivity index (χ2v) is 16.7. The lowest BCUT2D eigenvalue weighted by Crippen LogP contribution is -2.66. The molecule has 2 N–H and O–H groups in total. The monoisotopic (exact) mass is 591 g/mol. The van der Waals surface area contributed by atoms with Crippen LogP contribution in [-0.4, -0.2) is 36.2 Å². The molecule has 0 aliphatic heterocycles. The minimum Gasteiger partial charge on any atom is -0.462 e. The molecule has 0 heterocycles. The van der Waals surface area contributed by atoms with Gasteiger partial charge < -0.3 is 15.2 Å². The van der Waals surface area contributed by atoms with Gasteiger partial charge in [0.1, 0.15) is 0 Å². The van der Waals surface area contributed by atoms with E-state index in [4.69, 9.17) is 11.2 Å². The topological polar surface area (TPSA) is 75.6 Å². The van der Waals surface area contributed by atoms with Crippen LogP contribution >= 0.6 is 0 Å². The van der Waals surface area contributed by atoms with Crippen molar-refractivity contribution in [3.8, 4) is 12.3 Å². The maximum atomic E-state index is 13.0. The van der Waals surface area contributed by atoms with Crippen molar-refractivity contribution in [3.05, 3.63) is 23.8 Å². The molecule has 5 rings (SSSR count). The first-order valence-corrected chi connectivity index (χ1v) is 17.0. The van der Waals surface area contributed by atoms with Crippen LogP contribution in [0, 0.1) is 69.0 Å². The Morgan fingerprint density at radius 1 is 0.953 bits per heavy atom. The van der Waals surface area contributed by atoms with Gasteiger partial charge in [0.05, 0.1) is 19.3 Å². The van der Waals surface area contributed by atoms with E-state index >= 15 is 0 Å². The summed E-state index contributed by atoms with van der Waals surface area (Å²) in [5.74, 6) is 4.29. The van der Waals surface area contributed by atoms with Crippen molar-refractivity contribution >= 4 is 11.9 Å². The number of esters is 1. The zero-order valence-corrected chi connectivity index (χ0v) is 28.0. The Balaban J connectivity index is 1.41. The molecule has 0 spiro atoms. The Bertz CT molecular complexity index is 1230. The van der Waals surface area contributed by atoms with Crippen LogP contribution in [0.1, 0.15) is 113 Å². The molecule has 0 unspecified atom stereocenters. The Morgan fingerprint density at radius 3 is 2.35 bits per heavy atom. The van der Waals surface area contributed by atoms with Crippen LogP contribution in [0.3, 0.4) is 0 Å². The van der Waals surface area contributed by atoms with E-state index in [2.05, 4.69) is 59.4 Å². The summed E-state index contributed by atoms with van der Waals surface area (Å²) < 4.78 is 6.01. The van der Waals surface area contributed by atoms with Crippen LogP contribution in [0.4, 0.5) is 0 Å². The van der Waals surface area contributed by atoms with Crippen molar-refractivity contribution in [2.24, 2.45) is 56.7 Å².